The molecule has 0 amide bonds. The van der Waals surface area contributed by atoms with E-state index in [-0.39, 0.29) is 0 Å². The molecule has 2 nitrogen and oxygen atoms in total. The Morgan fingerprint density at radius 1 is 0.520 bits per heavy atom. The largest absolute Gasteiger partial charge is 0.228 e. The molecule has 4 aromatic rings. The molecule has 1 heterocycles. The van der Waals surface area contributed by atoms with E-state index in [2.05, 4.69) is 24.3 Å². The fourth-order valence-electron chi connectivity index (χ4n) is 2.72. The van der Waals surface area contributed by atoms with E-state index >= 15 is 0 Å². The van der Waals surface area contributed by atoms with Gasteiger partial charge >= 0.3 is 0 Å². The van der Waals surface area contributed by atoms with Gasteiger partial charge in [-0.15, -0.1) is 0 Å². The minimum absolute atomic E-state index is 0.695. The summed E-state index contributed by atoms with van der Waals surface area (Å²) in [4.78, 5) is 9.55. The third-order valence-corrected chi connectivity index (χ3v) is 4.03. The van der Waals surface area contributed by atoms with Gasteiger partial charge in [0, 0.05) is 16.7 Å². The van der Waals surface area contributed by atoms with Crippen LogP contribution in [-0.4, -0.2) is 17.8 Å². The fraction of sp³-hybridized carbons (Fsp3) is 0. The maximum absolute atomic E-state index is 5.81. The van der Waals surface area contributed by atoms with Crippen molar-refractivity contribution in [1.82, 2.24) is 9.97 Å². The number of hydrogen-bond acceptors (Lipinski definition) is 2. The topological polar surface area (TPSA) is 25.8 Å². The molecule has 0 saturated heterocycles. The van der Waals surface area contributed by atoms with Crippen LogP contribution in [0.1, 0.15) is 0 Å². The fourth-order valence-corrected chi connectivity index (χ4v) is 2.72. The Kier molecular flexibility index (Phi) is 4.13. The van der Waals surface area contributed by atoms with Gasteiger partial charge in [-0.25, -0.2) is 9.97 Å². The Bertz CT molecular complexity index is 924. The Morgan fingerprint density at radius 3 is 1.48 bits per heavy atom. The lowest BCUT2D eigenvalue weighted by atomic mass is 9.95. The molecule has 0 bridgehead atoms. The first-order chi connectivity index (χ1) is 12.3. The molecule has 0 aliphatic carbocycles. The smallest absolute Gasteiger partial charge is 0.160 e. The van der Waals surface area contributed by atoms with Crippen molar-refractivity contribution in [2.24, 2.45) is 0 Å². The van der Waals surface area contributed by atoms with Gasteiger partial charge in [0.2, 0.25) is 0 Å². The number of aromatic nitrogens is 2. The summed E-state index contributed by atoms with van der Waals surface area (Å²) in [5.41, 5.74) is 5.62. The second-order valence-corrected chi connectivity index (χ2v) is 5.82. The zero-order valence-electron chi connectivity index (χ0n) is 13.6. The van der Waals surface area contributed by atoms with Crippen molar-refractivity contribution in [1.29, 1.82) is 0 Å². The molecule has 0 atom stereocenters. The molecule has 4 rings (SSSR count). The molecular formula is C22H15BN2. The van der Waals surface area contributed by atoms with Crippen LogP contribution in [0.4, 0.5) is 0 Å². The van der Waals surface area contributed by atoms with E-state index in [1.165, 1.54) is 0 Å². The van der Waals surface area contributed by atoms with Crippen molar-refractivity contribution >= 4 is 13.3 Å². The summed E-state index contributed by atoms with van der Waals surface area (Å²) in [5.74, 6) is 0.695. The van der Waals surface area contributed by atoms with Crippen LogP contribution in [0, 0.1) is 0 Å². The van der Waals surface area contributed by atoms with E-state index < -0.39 is 0 Å². The van der Waals surface area contributed by atoms with Crippen LogP contribution in [-0.2, 0) is 0 Å². The molecule has 0 aliphatic rings. The van der Waals surface area contributed by atoms with Crippen molar-refractivity contribution < 1.29 is 0 Å². The average Bonchev–Trinajstić information content (AvgIpc) is 2.69. The highest BCUT2D eigenvalue weighted by Crippen LogP contribution is 2.26. The van der Waals surface area contributed by atoms with Crippen molar-refractivity contribution in [3.8, 4) is 33.9 Å². The lowest BCUT2D eigenvalue weighted by Gasteiger charge is -2.09. The zero-order valence-corrected chi connectivity index (χ0v) is 13.6. The van der Waals surface area contributed by atoms with Crippen molar-refractivity contribution in [3.05, 3.63) is 91.0 Å². The van der Waals surface area contributed by atoms with E-state index in [4.69, 9.17) is 17.8 Å². The highest BCUT2D eigenvalue weighted by atomic mass is 14.9. The molecule has 0 N–H and O–H groups in total. The Balaban J connectivity index is 1.90. The Hall–Kier alpha value is -3.20. The van der Waals surface area contributed by atoms with Gasteiger partial charge in [0.15, 0.2) is 5.82 Å². The summed E-state index contributed by atoms with van der Waals surface area (Å²) in [7, 11) is 5.81. The van der Waals surface area contributed by atoms with E-state index in [0.717, 1.165) is 33.5 Å². The molecule has 0 unspecified atom stereocenters. The summed E-state index contributed by atoms with van der Waals surface area (Å²) >= 11 is 0. The number of hydrogen-bond donors (Lipinski definition) is 0. The number of rotatable bonds is 3. The highest BCUT2D eigenvalue weighted by Gasteiger charge is 2.10. The summed E-state index contributed by atoms with van der Waals surface area (Å²) in [6.45, 7) is 0. The van der Waals surface area contributed by atoms with Gasteiger partial charge in [-0.05, 0) is 6.07 Å². The van der Waals surface area contributed by atoms with Crippen molar-refractivity contribution in [2.75, 3.05) is 0 Å². The molecule has 0 aliphatic heterocycles. The zero-order chi connectivity index (χ0) is 17.1. The quantitative estimate of drug-likeness (QED) is 0.527. The van der Waals surface area contributed by atoms with Gasteiger partial charge in [0.25, 0.3) is 0 Å². The standard InChI is InChI=1S/C22H15BN2/c23-19-13-11-18(12-14-19)22-24-20(16-7-3-1-4-8-16)15-21(25-22)17-9-5-2-6-10-17/h1-15H. The van der Waals surface area contributed by atoms with Gasteiger partial charge in [-0.1, -0.05) is 90.4 Å². The van der Waals surface area contributed by atoms with Gasteiger partial charge in [-0.2, -0.15) is 0 Å². The average molecular weight is 318 g/mol. The van der Waals surface area contributed by atoms with E-state index in [1.807, 2.05) is 66.7 Å². The Labute approximate surface area is 148 Å². The van der Waals surface area contributed by atoms with E-state index in [1.54, 1.807) is 0 Å². The molecule has 25 heavy (non-hydrogen) atoms. The third kappa shape index (κ3) is 3.36. The predicted molar refractivity (Wildman–Crippen MR) is 104 cm³/mol. The van der Waals surface area contributed by atoms with Gasteiger partial charge in [0.05, 0.1) is 11.4 Å². The summed E-state index contributed by atoms with van der Waals surface area (Å²) in [6.07, 6.45) is 0. The SMILES string of the molecule is [B]c1ccc(-c2nc(-c3ccccc3)cc(-c3ccccc3)n2)cc1. The second-order valence-electron chi connectivity index (χ2n) is 5.82. The highest BCUT2D eigenvalue weighted by molar-refractivity contribution is 6.32. The first-order valence-corrected chi connectivity index (χ1v) is 8.15. The molecular weight excluding hydrogens is 303 g/mol. The van der Waals surface area contributed by atoms with Crippen molar-refractivity contribution in [2.45, 2.75) is 0 Å². The molecule has 0 saturated carbocycles. The normalized spacial score (nSPS) is 10.6. The molecule has 116 valence electrons. The maximum Gasteiger partial charge on any atom is 0.160 e. The number of benzene rings is 3. The van der Waals surface area contributed by atoms with Gasteiger partial charge < -0.3 is 0 Å². The van der Waals surface area contributed by atoms with E-state index in [0.29, 0.717) is 5.82 Å². The van der Waals surface area contributed by atoms with Crippen LogP contribution in [0.5, 0.6) is 0 Å². The number of nitrogens with zero attached hydrogens (tertiary/aromatic N) is 2. The third-order valence-electron chi connectivity index (χ3n) is 4.03. The maximum atomic E-state index is 5.81. The van der Waals surface area contributed by atoms with Gasteiger partial charge in [0.1, 0.15) is 7.85 Å². The van der Waals surface area contributed by atoms with E-state index in [9.17, 15) is 0 Å². The molecule has 3 heteroatoms. The minimum atomic E-state index is 0.695. The van der Waals surface area contributed by atoms with Crippen LogP contribution in [0.3, 0.4) is 0 Å². The van der Waals surface area contributed by atoms with Crippen LogP contribution < -0.4 is 5.46 Å². The summed E-state index contributed by atoms with van der Waals surface area (Å²) < 4.78 is 0. The second kappa shape index (κ2) is 6.74. The first-order valence-electron chi connectivity index (χ1n) is 8.15. The lowest BCUT2D eigenvalue weighted by Crippen LogP contribution is -2.01. The lowest BCUT2D eigenvalue weighted by molar-refractivity contribution is 1.18. The van der Waals surface area contributed by atoms with Crippen LogP contribution in [0.15, 0.2) is 91.0 Å². The summed E-state index contributed by atoms with van der Waals surface area (Å²) in [5, 5.41) is 0. The first kappa shape index (κ1) is 15.3. The molecule has 0 spiro atoms. The van der Waals surface area contributed by atoms with Crippen LogP contribution in [0.2, 0.25) is 0 Å². The van der Waals surface area contributed by atoms with Crippen LogP contribution >= 0.6 is 0 Å². The monoisotopic (exact) mass is 318 g/mol. The minimum Gasteiger partial charge on any atom is -0.228 e. The summed E-state index contributed by atoms with van der Waals surface area (Å²) in [6, 6.07) is 30.0. The molecule has 3 aromatic carbocycles. The molecule has 0 fully saturated rings. The molecule has 2 radical (unpaired) electrons. The Morgan fingerprint density at radius 2 is 1.00 bits per heavy atom. The van der Waals surface area contributed by atoms with Gasteiger partial charge in [-0.3, -0.25) is 0 Å². The molecule has 1 aromatic heterocycles. The van der Waals surface area contributed by atoms with Crippen molar-refractivity contribution in [3.63, 3.8) is 0 Å². The van der Waals surface area contributed by atoms with Crippen LogP contribution in [0.25, 0.3) is 33.9 Å². The predicted octanol–water partition coefficient (Wildman–Crippen LogP) is 4.27.